The number of furan rings is 1. The molecule has 2 aromatic heterocycles. The molecule has 1 aliphatic rings. The third kappa shape index (κ3) is 3.58. The van der Waals surface area contributed by atoms with Crippen LogP contribution in [0.15, 0.2) is 46.9 Å². The Morgan fingerprint density at radius 1 is 1.29 bits per heavy atom. The largest absolute Gasteiger partial charge is 0.461 e. The Bertz CT molecular complexity index is 587. The van der Waals surface area contributed by atoms with Gasteiger partial charge >= 0.3 is 0 Å². The molecule has 0 spiro atoms. The first-order valence-electron chi connectivity index (χ1n) is 7.60. The van der Waals surface area contributed by atoms with Crippen molar-refractivity contribution in [3.8, 4) is 11.6 Å². The van der Waals surface area contributed by atoms with Crippen LogP contribution in [-0.4, -0.2) is 16.0 Å². The molecule has 4 heteroatoms. The lowest BCUT2D eigenvalue weighted by atomic mass is 9.95. The summed E-state index contributed by atoms with van der Waals surface area (Å²) in [4.78, 5) is 8.70. The van der Waals surface area contributed by atoms with Gasteiger partial charge in [-0.05, 0) is 44.7 Å². The number of hydrogen-bond acceptors (Lipinski definition) is 4. The van der Waals surface area contributed by atoms with E-state index in [9.17, 15) is 0 Å². The maximum Gasteiger partial charge on any atom is 0.195 e. The molecule has 4 nitrogen and oxygen atoms in total. The van der Waals surface area contributed by atoms with Crippen molar-refractivity contribution in [3.05, 3.63) is 48.0 Å². The van der Waals surface area contributed by atoms with Crippen molar-refractivity contribution in [2.24, 2.45) is 0 Å². The molecule has 0 saturated heterocycles. The highest BCUT2D eigenvalue weighted by molar-refractivity contribution is 5.45. The van der Waals surface area contributed by atoms with Crippen LogP contribution in [0.25, 0.3) is 11.6 Å². The average Bonchev–Trinajstić information content (AvgIpc) is 3.08. The zero-order valence-electron chi connectivity index (χ0n) is 12.4. The second-order valence-corrected chi connectivity index (χ2v) is 5.52. The van der Waals surface area contributed by atoms with Gasteiger partial charge in [-0.15, -0.1) is 0 Å². The molecule has 0 aromatic carbocycles. The van der Waals surface area contributed by atoms with Gasteiger partial charge in [0.25, 0.3) is 0 Å². The van der Waals surface area contributed by atoms with Gasteiger partial charge < -0.3 is 9.73 Å². The lowest BCUT2D eigenvalue weighted by molar-refractivity contribution is 0.557. The minimum atomic E-state index is 0.426. The van der Waals surface area contributed by atoms with Gasteiger partial charge in [-0.1, -0.05) is 11.6 Å². The van der Waals surface area contributed by atoms with Gasteiger partial charge in [0.05, 0.1) is 6.26 Å². The highest BCUT2D eigenvalue weighted by Crippen LogP contribution is 2.20. The van der Waals surface area contributed by atoms with Gasteiger partial charge in [0.1, 0.15) is 0 Å². The summed E-state index contributed by atoms with van der Waals surface area (Å²) < 4.78 is 5.29. The van der Waals surface area contributed by atoms with E-state index in [0.717, 1.165) is 12.1 Å². The Morgan fingerprint density at radius 3 is 2.81 bits per heavy atom. The molecule has 3 rings (SSSR count). The van der Waals surface area contributed by atoms with Crippen LogP contribution in [-0.2, 0) is 6.54 Å². The quantitative estimate of drug-likeness (QED) is 0.850. The zero-order valence-corrected chi connectivity index (χ0v) is 12.4. The second-order valence-electron chi connectivity index (χ2n) is 5.52. The number of aromatic nitrogens is 2. The van der Waals surface area contributed by atoms with Crippen molar-refractivity contribution < 1.29 is 4.42 Å². The van der Waals surface area contributed by atoms with E-state index in [1.165, 1.54) is 31.3 Å². The summed E-state index contributed by atoms with van der Waals surface area (Å²) in [7, 11) is 0. The molecule has 0 saturated carbocycles. The molecule has 110 valence electrons. The minimum absolute atomic E-state index is 0.426. The lowest BCUT2D eigenvalue weighted by Crippen LogP contribution is -2.28. The molecule has 1 unspecified atom stereocenters. The van der Waals surface area contributed by atoms with Gasteiger partial charge in [-0.2, -0.15) is 0 Å². The number of nitrogens with zero attached hydrogens (tertiary/aromatic N) is 2. The van der Waals surface area contributed by atoms with Crippen LogP contribution in [0.4, 0.5) is 0 Å². The summed E-state index contributed by atoms with van der Waals surface area (Å²) in [5.74, 6) is 1.34. The van der Waals surface area contributed by atoms with Crippen LogP contribution in [0.3, 0.4) is 0 Å². The number of rotatable bonds is 5. The topological polar surface area (TPSA) is 51.0 Å². The number of allylic oxidation sites excluding steroid dienone is 1. The Hall–Kier alpha value is -1.94. The fraction of sp³-hybridized carbons (Fsp3) is 0.412. The SMILES string of the molecule is CC(NCc1cnc(-c2ccco2)nc1)C1=CCCCC1. The van der Waals surface area contributed by atoms with Crippen LogP contribution in [0.2, 0.25) is 0 Å². The summed E-state index contributed by atoms with van der Waals surface area (Å²) in [6.45, 7) is 3.02. The van der Waals surface area contributed by atoms with Crippen LogP contribution in [0, 0.1) is 0 Å². The first kappa shape index (κ1) is 14.0. The first-order chi connectivity index (χ1) is 10.3. The van der Waals surface area contributed by atoms with Gasteiger partial charge in [0.2, 0.25) is 0 Å². The summed E-state index contributed by atoms with van der Waals surface area (Å²) in [5.41, 5.74) is 2.63. The molecule has 0 amide bonds. The third-order valence-corrected chi connectivity index (χ3v) is 3.94. The van der Waals surface area contributed by atoms with Crippen molar-refractivity contribution in [1.82, 2.24) is 15.3 Å². The average molecular weight is 283 g/mol. The molecule has 2 heterocycles. The van der Waals surface area contributed by atoms with E-state index >= 15 is 0 Å². The van der Waals surface area contributed by atoms with Crippen LogP contribution in [0.1, 0.15) is 38.2 Å². The van der Waals surface area contributed by atoms with Crippen molar-refractivity contribution in [2.75, 3.05) is 0 Å². The van der Waals surface area contributed by atoms with Crippen LogP contribution in [0.5, 0.6) is 0 Å². The monoisotopic (exact) mass is 283 g/mol. The first-order valence-corrected chi connectivity index (χ1v) is 7.60. The predicted molar refractivity (Wildman–Crippen MR) is 82.6 cm³/mol. The highest BCUT2D eigenvalue weighted by atomic mass is 16.3. The zero-order chi connectivity index (χ0) is 14.5. The van der Waals surface area contributed by atoms with E-state index in [1.807, 2.05) is 24.5 Å². The molecule has 1 N–H and O–H groups in total. The summed E-state index contributed by atoms with van der Waals surface area (Å²) in [5, 5.41) is 3.55. The Kier molecular flexibility index (Phi) is 4.46. The van der Waals surface area contributed by atoms with Crippen molar-refractivity contribution in [1.29, 1.82) is 0 Å². The predicted octanol–water partition coefficient (Wildman–Crippen LogP) is 3.72. The Morgan fingerprint density at radius 2 is 2.14 bits per heavy atom. The van der Waals surface area contributed by atoms with Crippen LogP contribution >= 0.6 is 0 Å². The second kappa shape index (κ2) is 6.68. The van der Waals surface area contributed by atoms with Gasteiger partial charge in [-0.25, -0.2) is 9.97 Å². The van der Waals surface area contributed by atoms with Crippen molar-refractivity contribution in [2.45, 2.75) is 45.2 Å². The maximum absolute atomic E-state index is 5.29. The summed E-state index contributed by atoms with van der Waals surface area (Å²) in [6, 6.07) is 4.13. The molecule has 2 aromatic rings. The van der Waals surface area contributed by atoms with Gasteiger partial charge in [0, 0.05) is 30.5 Å². The van der Waals surface area contributed by atoms with Gasteiger partial charge in [-0.3, -0.25) is 0 Å². The normalized spacial score (nSPS) is 16.5. The fourth-order valence-electron chi connectivity index (χ4n) is 2.64. The van der Waals surface area contributed by atoms with Crippen LogP contribution < -0.4 is 5.32 Å². The molecule has 0 aliphatic heterocycles. The standard InChI is InChI=1S/C17H21N3O/c1-13(15-6-3-2-4-7-15)18-10-14-11-19-17(20-12-14)16-8-5-9-21-16/h5-6,8-9,11-13,18H,2-4,7,10H2,1H3. The number of hydrogen-bond donors (Lipinski definition) is 1. The molecule has 0 bridgehead atoms. The maximum atomic E-state index is 5.29. The third-order valence-electron chi connectivity index (χ3n) is 3.94. The molecular weight excluding hydrogens is 262 g/mol. The highest BCUT2D eigenvalue weighted by Gasteiger charge is 2.11. The summed E-state index contributed by atoms with van der Waals surface area (Å²) >= 11 is 0. The Labute approximate surface area is 125 Å². The molecule has 0 fully saturated rings. The molecule has 0 radical (unpaired) electrons. The van der Waals surface area contributed by atoms with E-state index in [4.69, 9.17) is 4.42 Å². The smallest absolute Gasteiger partial charge is 0.195 e. The Balaban J connectivity index is 1.57. The molecule has 1 aliphatic carbocycles. The minimum Gasteiger partial charge on any atom is -0.461 e. The molecular formula is C17H21N3O. The lowest BCUT2D eigenvalue weighted by Gasteiger charge is -2.20. The van der Waals surface area contributed by atoms with E-state index in [2.05, 4.69) is 28.3 Å². The van der Waals surface area contributed by atoms with E-state index < -0.39 is 0 Å². The summed E-state index contributed by atoms with van der Waals surface area (Å²) in [6.07, 6.45) is 12.8. The fourth-order valence-corrected chi connectivity index (χ4v) is 2.64. The van der Waals surface area contributed by atoms with Crippen molar-refractivity contribution >= 4 is 0 Å². The van der Waals surface area contributed by atoms with E-state index in [-0.39, 0.29) is 0 Å². The van der Waals surface area contributed by atoms with Gasteiger partial charge in [0.15, 0.2) is 11.6 Å². The van der Waals surface area contributed by atoms with Crippen molar-refractivity contribution in [3.63, 3.8) is 0 Å². The molecule has 21 heavy (non-hydrogen) atoms. The van der Waals surface area contributed by atoms with E-state index in [1.54, 1.807) is 6.26 Å². The van der Waals surface area contributed by atoms with E-state index in [0.29, 0.717) is 17.6 Å². The molecule has 1 atom stereocenters. The number of nitrogens with one attached hydrogen (secondary N) is 1.